The van der Waals surface area contributed by atoms with Crippen LogP contribution in [0.4, 0.5) is 0 Å². The van der Waals surface area contributed by atoms with Gasteiger partial charge in [-0.25, -0.2) is 0 Å². The van der Waals surface area contributed by atoms with Crippen LogP contribution in [0.2, 0.25) is 0 Å². The Hall–Kier alpha value is -0.560. The average molecular weight is 339 g/mol. The smallest absolute Gasteiger partial charge is 0.220 e. The second kappa shape index (κ2) is 5.02. The maximum absolute atomic E-state index is 12.2. The van der Waals surface area contributed by atoms with Crippen LogP contribution >= 0.6 is 15.9 Å². The van der Waals surface area contributed by atoms with E-state index >= 15 is 0 Å². The minimum absolute atomic E-state index is 0.0992. The van der Waals surface area contributed by atoms with E-state index in [0.717, 1.165) is 18.3 Å². The van der Waals surface area contributed by atoms with Crippen molar-refractivity contribution in [2.45, 2.75) is 56.2 Å². The van der Waals surface area contributed by atoms with Crippen molar-refractivity contribution in [3.63, 3.8) is 0 Å². The topological polar surface area (TPSA) is 52.9 Å². The Morgan fingerprint density at radius 3 is 2.60 bits per heavy atom. The van der Waals surface area contributed by atoms with Crippen molar-refractivity contribution in [2.75, 3.05) is 6.54 Å². The maximum Gasteiger partial charge on any atom is 0.220 e. The standard InChI is InChI=1S/C16H23BrN2O/c1-11(8-18)9-19-14(20)7-15-3-12-2-13(4-15)6-16(17,5-12)10-15/h11-13H,2-7,9-10H2,1H3,(H,19,20). The predicted molar refractivity (Wildman–Crippen MR) is 81.2 cm³/mol. The Labute approximate surface area is 129 Å². The second-order valence-electron chi connectivity index (χ2n) is 7.62. The van der Waals surface area contributed by atoms with Crippen LogP contribution in [-0.4, -0.2) is 16.8 Å². The van der Waals surface area contributed by atoms with Crippen LogP contribution in [0.25, 0.3) is 0 Å². The molecular weight excluding hydrogens is 316 g/mol. The van der Waals surface area contributed by atoms with Gasteiger partial charge < -0.3 is 5.32 Å². The first-order chi connectivity index (χ1) is 9.42. The van der Waals surface area contributed by atoms with E-state index in [9.17, 15) is 4.79 Å². The molecule has 0 aromatic heterocycles. The van der Waals surface area contributed by atoms with E-state index in [1.807, 2.05) is 6.92 Å². The molecule has 4 heteroatoms. The molecule has 4 saturated carbocycles. The number of alkyl halides is 1. The summed E-state index contributed by atoms with van der Waals surface area (Å²) in [5.41, 5.74) is 0.230. The summed E-state index contributed by atoms with van der Waals surface area (Å²) in [5.74, 6) is 1.69. The van der Waals surface area contributed by atoms with Gasteiger partial charge in [-0.05, 0) is 62.7 Å². The second-order valence-corrected chi connectivity index (χ2v) is 9.31. The minimum Gasteiger partial charge on any atom is -0.355 e. The highest BCUT2D eigenvalue weighted by atomic mass is 79.9. The van der Waals surface area contributed by atoms with Gasteiger partial charge in [-0.2, -0.15) is 5.26 Å². The van der Waals surface area contributed by atoms with Gasteiger partial charge in [0.2, 0.25) is 5.91 Å². The molecule has 0 saturated heterocycles. The fourth-order valence-electron chi connectivity index (χ4n) is 5.26. The van der Waals surface area contributed by atoms with E-state index < -0.39 is 0 Å². The van der Waals surface area contributed by atoms with Crippen molar-refractivity contribution in [3.8, 4) is 6.07 Å². The molecule has 4 fully saturated rings. The highest BCUT2D eigenvalue weighted by Crippen LogP contribution is 2.65. The number of rotatable bonds is 4. The molecule has 0 radical (unpaired) electrons. The van der Waals surface area contributed by atoms with Crippen molar-refractivity contribution in [1.82, 2.24) is 5.32 Å². The Morgan fingerprint density at radius 2 is 2.05 bits per heavy atom. The first-order valence-corrected chi connectivity index (χ1v) is 8.57. The van der Waals surface area contributed by atoms with Gasteiger partial charge in [-0.15, -0.1) is 0 Å². The monoisotopic (exact) mass is 338 g/mol. The molecule has 3 unspecified atom stereocenters. The average Bonchev–Trinajstić information content (AvgIpc) is 2.32. The molecule has 0 aromatic carbocycles. The number of hydrogen-bond acceptors (Lipinski definition) is 2. The van der Waals surface area contributed by atoms with Gasteiger partial charge in [-0.1, -0.05) is 15.9 Å². The number of amides is 1. The van der Waals surface area contributed by atoms with Gasteiger partial charge in [0.15, 0.2) is 0 Å². The number of halogens is 1. The zero-order valence-corrected chi connectivity index (χ0v) is 13.7. The third-order valence-electron chi connectivity index (χ3n) is 5.47. The molecule has 1 N–H and O–H groups in total. The van der Waals surface area contributed by atoms with E-state index in [-0.39, 0.29) is 17.2 Å². The number of carbonyl (C=O) groups is 1. The third-order valence-corrected chi connectivity index (χ3v) is 6.40. The molecule has 3 nitrogen and oxygen atoms in total. The Kier molecular flexibility index (Phi) is 3.61. The summed E-state index contributed by atoms with van der Waals surface area (Å²) in [7, 11) is 0. The quantitative estimate of drug-likeness (QED) is 0.798. The molecule has 0 spiro atoms. The van der Waals surface area contributed by atoms with Gasteiger partial charge in [0.05, 0.1) is 12.0 Å². The summed E-state index contributed by atoms with van der Waals surface area (Å²) in [6.07, 6.45) is 8.27. The lowest BCUT2D eigenvalue weighted by Gasteiger charge is -2.60. The van der Waals surface area contributed by atoms with E-state index in [2.05, 4.69) is 27.3 Å². The molecule has 1 amide bonds. The summed E-state index contributed by atoms with van der Waals surface area (Å²) >= 11 is 3.98. The lowest BCUT2D eigenvalue weighted by molar-refractivity contribution is -0.128. The summed E-state index contributed by atoms with van der Waals surface area (Å²) in [6, 6.07) is 2.16. The zero-order chi connectivity index (χ0) is 14.4. The molecule has 3 atom stereocenters. The molecule has 4 aliphatic carbocycles. The van der Waals surface area contributed by atoms with Crippen molar-refractivity contribution in [1.29, 1.82) is 5.26 Å². The lowest BCUT2D eigenvalue weighted by atomic mass is 9.48. The fourth-order valence-corrected chi connectivity index (χ4v) is 6.77. The van der Waals surface area contributed by atoms with Crippen molar-refractivity contribution in [2.24, 2.45) is 23.2 Å². The highest BCUT2D eigenvalue weighted by Gasteiger charge is 2.57. The number of nitrogens with one attached hydrogen (secondary N) is 1. The van der Waals surface area contributed by atoms with E-state index in [0.29, 0.717) is 17.3 Å². The molecular formula is C16H23BrN2O. The van der Waals surface area contributed by atoms with Crippen LogP contribution < -0.4 is 5.32 Å². The van der Waals surface area contributed by atoms with Crippen LogP contribution in [0, 0.1) is 34.5 Å². The first kappa shape index (κ1) is 14.4. The predicted octanol–water partition coefficient (Wildman–Crippen LogP) is 3.39. The first-order valence-electron chi connectivity index (χ1n) is 7.77. The Morgan fingerprint density at radius 1 is 1.40 bits per heavy atom. The van der Waals surface area contributed by atoms with Crippen LogP contribution in [0.15, 0.2) is 0 Å². The summed E-state index contributed by atoms with van der Waals surface area (Å²) in [6.45, 7) is 2.33. The van der Waals surface area contributed by atoms with E-state index in [1.54, 1.807) is 0 Å². The van der Waals surface area contributed by atoms with Gasteiger partial charge in [-0.3, -0.25) is 4.79 Å². The third kappa shape index (κ3) is 2.74. The normalized spacial score (nSPS) is 43.0. The molecule has 110 valence electrons. The van der Waals surface area contributed by atoms with E-state index in [4.69, 9.17) is 5.26 Å². The van der Waals surface area contributed by atoms with Gasteiger partial charge in [0.25, 0.3) is 0 Å². The van der Waals surface area contributed by atoms with Crippen LogP contribution in [0.1, 0.15) is 51.9 Å². The molecule has 0 aliphatic heterocycles. The number of nitriles is 1. The van der Waals surface area contributed by atoms with Crippen molar-refractivity contribution in [3.05, 3.63) is 0 Å². The van der Waals surface area contributed by atoms with Crippen molar-refractivity contribution >= 4 is 21.8 Å². The lowest BCUT2D eigenvalue weighted by Crippen LogP contribution is -2.54. The van der Waals surface area contributed by atoms with E-state index in [1.165, 1.54) is 32.1 Å². The number of nitrogens with zero attached hydrogens (tertiary/aromatic N) is 1. The van der Waals surface area contributed by atoms with Gasteiger partial charge in [0, 0.05) is 17.3 Å². The summed E-state index contributed by atoms with van der Waals surface area (Å²) in [5, 5.41) is 11.7. The molecule has 4 aliphatic rings. The number of hydrogen-bond donors (Lipinski definition) is 1. The fraction of sp³-hybridized carbons (Fsp3) is 0.875. The van der Waals surface area contributed by atoms with Gasteiger partial charge in [0.1, 0.15) is 0 Å². The highest BCUT2D eigenvalue weighted by molar-refractivity contribution is 9.10. The molecule has 0 heterocycles. The van der Waals surface area contributed by atoms with Crippen LogP contribution in [-0.2, 0) is 4.79 Å². The number of carbonyl (C=O) groups excluding carboxylic acids is 1. The molecule has 4 bridgehead atoms. The molecule has 4 rings (SSSR count). The van der Waals surface area contributed by atoms with Gasteiger partial charge >= 0.3 is 0 Å². The summed E-state index contributed by atoms with van der Waals surface area (Å²) in [4.78, 5) is 12.2. The SMILES string of the molecule is CC(C#N)CNC(=O)CC12CC3CC(CC(Br)(C3)C1)C2. The zero-order valence-electron chi connectivity index (χ0n) is 12.1. The van der Waals surface area contributed by atoms with Crippen LogP contribution in [0.3, 0.4) is 0 Å². The Bertz CT molecular complexity index is 442. The van der Waals surface area contributed by atoms with Crippen molar-refractivity contribution < 1.29 is 4.79 Å². The summed E-state index contributed by atoms with van der Waals surface area (Å²) < 4.78 is 0.317. The van der Waals surface area contributed by atoms with Crippen LogP contribution in [0.5, 0.6) is 0 Å². The molecule has 0 aromatic rings. The molecule has 20 heavy (non-hydrogen) atoms. The largest absolute Gasteiger partial charge is 0.355 e. The Balaban J connectivity index is 1.62. The maximum atomic E-state index is 12.2. The minimum atomic E-state index is -0.0992.